The maximum atomic E-state index is 5.28. The summed E-state index contributed by atoms with van der Waals surface area (Å²) in [6.45, 7) is 5.98. The van der Waals surface area contributed by atoms with Crippen molar-refractivity contribution in [2.24, 2.45) is 4.99 Å². The standard InChI is InChI=1S/C20H25N3OS2.2ClH/c1-3-15-12-16-19(23-10-9-21-14(13-23)8-11-24-2)22-17-6-4-5-7-18(17)26-20(16)25-15;;/h4-7,12,14,21H,3,8-11,13H2,1-2H3;2*1H/t14-;;/m0../s1. The van der Waals surface area contributed by atoms with Gasteiger partial charge in [-0.3, -0.25) is 0 Å². The van der Waals surface area contributed by atoms with E-state index in [1.807, 2.05) is 23.1 Å². The lowest BCUT2D eigenvalue weighted by Crippen LogP contribution is -2.53. The number of amidine groups is 1. The van der Waals surface area contributed by atoms with Crippen molar-refractivity contribution in [3.63, 3.8) is 0 Å². The maximum Gasteiger partial charge on any atom is 0.138 e. The fourth-order valence-corrected chi connectivity index (χ4v) is 5.85. The summed E-state index contributed by atoms with van der Waals surface area (Å²) < 4.78 is 6.65. The van der Waals surface area contributed by atoms with Gasteiger partial charge in [-0.2, -0.15) is 0 Å². The van der Waals surface area contributed by atoms with Gasteiger partial charge in [-0.1, -0.05) is 30.8 Å². The highest BCUT2D eigenvalue weighted by molar-refractivity contribution is 8.01. The van der Waals surface area contributed by atoms with E-state index in [-0.39, 0.29) is 24.8 Å². The number of ether oxygens (including phenoxy) is 1. The number of piperazine rings is 1. The molecule has 1 aromatic heterocycles. The lowest BCUT2D eigenvalue weighted by molar-refractivity contribution is 0.168. The van der Waals surface area contributed by atoms with Crippen LogP contribution in [-0.2, 0) is 11.2 Å². The number of para-hydroxylation sites is 1. The number of aliphatic imine (C=N–C) groups is 1. The van der Waals surface area contributed by atoms with Crippen LogP contribution < -0.4 is 5.32 Å². The summed E-state index contributed by atoms with van der Waals surface area (Å²) in [7, 11) is 1.77. The van der Waals surface area contributed by atoms with Gasteiger partial charge in [0.1, 0.15) is 5.84 Å². The summed E-state index contributed by atoms with van der Waals surface area (Å²) >= 11 is 3.78. The number of nitrogens with one attached hydrogen (secondary N) is 1. The van der Waals surface area contributed by atoms with Crippen molar-refractivity contribution in [1.82, 2.24) is 10.2 Å². The number of fused-ring (bicyclic) bond motifs is 2. The molecule has 4 nitrogen and oxygen atoms in total. The Kier molecular flexibility index (Phi) is 9.12. The van der Waals surface area contributed by atoms with Crippen molar-refractivity contribution < 1.29 is 4.74 Å². The first kappa shape index (κ1) is 23.5. The molecule has 0 aliphatic carbocycles. The summed E-state index contributed by atoms with van der Waals surface area (Å²) in [5, 5.41) is 3.62. The van der Waals surface area contributed by atoms with E-state index in [9.17, 15) is 0 Å². The molecule has 2 aliphatic rings. The van der Waals surface area contributed by atoms with Gasteiger partial charge in [0.05, 0.1) is 9.90 Å². The molecule has 0 radical (unpaired) electrons. The van der Waals surface area contributed by atoms with Crippen molar-refractivity contribution in [2.75, 3.05) is 33.4 Å². The molecule has 4 rings (SSSR count). The third-order valence-electron chi connectivity index (χ3n) is 4.86. The Balaban J connectivity index is 0.00000140. The first-order chi connectivity index (χ1) is 12.8. The Bertz CT molecular complexity index is 812. The zero-order valence-corrected chi connectivity index (χ0v) is 19.4. The molecule has 0 saturated carbocycles. The summed E-state index contributed by atoms with van der Waals surface area (Å²) in [4.78, 5) is 10.3. The maximum absolute atomic E-state index is 5.28. The van der Waals surface area contributed by atoms with Gasteiger partial charge in [0.15, 0.2) is 0 Å². The Hall–Kier alpha value is -0.760. The van der Waals surface area contributed by atoms with Crippen molar-refractivity contribution in [3.8, 4) is 0 Å². The van der Waals surface area contributed by atoms with E-state index >= 15 is 0 Å². The summed E-state index contributed by atoms with van der Waals surface area (Å²) in [5.74, 6) is 1.14. The van der Waals surface area contributed by atoms with Crippen LogP contribution in [0.1, 0.15) is 23.8 Å². The highest BCUT2D eigenvalue weighted by atomic mass is 35.5. The highest BCUT2D eigenvalue weighted by Gasteiger charge is 2.27. The van der Waals surface area contributed by atoms with Crippen LogP contribution in [0.4, 0.5) is 5.69 Å². The smallest absolute Gasteiger partial charge is 0.138 e. The lowest BCUT2D eigenvalue weighted by Gasteiger charge is -2.35. The number of methoxy groups -OCH3 is 1. The average Bonchev–Trinajstić information content (AvgIpc) is 3.01. The zero-order chi connectivity index (χ0) is 17.9. The van der Waals surface area contributed by atoms with Crippen LogP contribution in [0.2, 0.25) is 0 Å². The molecule has 2 aliphatic heterocycles. The largest absolute Gasteiger partial charge is 0.385 e. The Morgan fingerprint density at radius 2 is 2.11 bits per heavy atom. The third-order valence-corrected chi connectivity index (χ3v) is 7.40. The van der Waals surface area contributed by atoms with Gasteiger partial charge < -0.3 is 15.0 Å². The Morgan fingerprint density at radius 1 is 1.29 bits per heavy atom. The normalized spacial score (nSPS) is 18.1. The van der Waals surface area contributed by atoms with Crippen LogP contribution in [0.3, 0.4) is 0 Å². The second kappa shape index (κ2) is 10.9. The van der Waals surface area contributed by atoms with Crippen LogP contribution in [0, 0.1) is 0 Å². The quantitative estimate of drug-likeness (QED) is 0.696. The number of hydrogen-bond acceptors (Lipinski definition) is 6. The summed E-state index contributed by atoms with van der Waals surface area (Å²) in [5.41, 5.74) is 2.39. The van der Waals surface area contributed by atoms with Crippen LogP contribution >= 0.6 is 47.9 Å². The molecule has 0 spiro atoms. The van der Waals surface area contributed by atoms with E-state index in [4.69, 9.17) is 9.73 Å². The molecule has 3 heterocycles. The van der Waals surface area contributed by atoms with Crippen molar-refractivity contribution in [3.05, 3.63) is 40.8 Å². The van der Waals surface area contributed by atoms with Gasteiger partial charge in [-0.15, -0.1) is 36.2 Å². The molecule has 0 unspecified atom stereocenters. The van der Waals surface area contributed by atoms with Crippen LogP contribution in [0.15, 0.2) is 44.4 Å². The molecular weight excluding hydrogens is 433 g/mol. The third kappa shape index (κ3) is 5.04. The van der Waals surface area contributed by atoms with Gasteiger partial charge >= 0.3 is 0 Å². The van der Waals surface area contributed by atoms with Gasteiger partial charge in [0.2, 0.25) is 0 Å². The number of aryl methyl sites for hydroxylation is 1. The number of hydrogen-bond donors (Lipinski definition) is 1. The molecule has 2 aromatic rings. The topological polar surface area (TPSA) is 36.9 Å². The highest BCUT2D eigenvalue weighted by Crippen LogP contribution is 2.44. The van der Waals surface area contributed by atoms with Crippen LogP contribution in [0.5, 0.6) is 0 Å². The Morgan fingerprint density at radius 3 is 2.89 bits per heavy atom. The molecule has 1 saturated heterocycles. The molecule has 8 heteroatoms. The Labute approximate surface area is 188 Å². The summed E-state index contributed by atoms with van der Waals surface area (Å²) in [6.07, 6.45) is 2.10. The van der Waals surface area contributed by atoms with E-state index < -0.39 is 0 Å². The molecule has 1 fully saturated rings. The predicted molar refractivity (Wildman–Crippen MR) is 125 cm³/mol. The van der Waals surface area contributed by atoms with E-state index in [0.29, 0.717) is 6.04 Å². The number of thiophene rings is 1. The second-order valence-corrected chi connectivity index (χ2v) is 9.10. The number of rotatable bonds is 4. The minimum absolute atomic E-state index is 0. The van der Waals surface area contributed by atoms with Gasteiger partial charge in [0.25, 0.3) is 0 Å². The summed E-state index contributed by atoms with van der Waals surface area (Å²) in [6, 6.07) is 11.3. The monoisotopic (exact) mass is 459 g/mol. The molecule has 154 valence electrons. The second-order valence-electron chi connectivity index (χ2n) is 6.65. The van der Waals surface area contributed by atoms with E-state index in [1.165, 1.54) is 19.5 Å². The minimum atomic E-state index is 0. The number of benzene rings is 1. The zero-order valence-electron chi connectivity index (χ0n) is 16.1. The van der Waals surface area contributed by atoms with Crippen LogP contribution in [0.25, 0.3) is 0 Å². The lowest BCUT2D eigenvalue weighted by atomic mass is 10.1. The van der Waals surface area contributed by atoms with Crippen molar-refractivity contribution in [1.29, 1.82) is 0 Å². The van der Waals surface area contributed by atoms with E-state index in [1.54, 1.807) is 7.11 Å². The SMILES string of the molecule is CCc1cc2c(s1)Sc1ccccc1N=C2N1CCN[C@@H](CCOC)C1.Cl.Cl. The molecule has 1 atom stereocenters. The first-order valence-corrected chi connectivity index (χ1v) is 10.9. The minimum Gasteiger partial charge on any atom is -0.385 e. The van der Waals surface area contributed by atoms with Crippen molar-refractivity contribution in [2.45, 2.75) is 34.9 Å². The molecule has 0 amide bonds. The van der Waals surface area contributed by atoms with Crippen LogP contribution in [-0.4, -0.2) is 50.1 Å². The van der Waals surface area contributed by atoms with Gasteiger partial charge in [0, 0.05) is 54.7 Å². The van der Waals surface area contributed by atoms with E-state index in [0.717, 1.165) is 50.6 Å². The molecule has 0 bridgehead atoms. The first-order valence-electron chi connectivity index (χ1n) is 9.24. The fraction of sp³-hybridized carbons (Fsp3) is 0.450. The predicted octanol–water partition coefficient (Wildman–Crippen LogP) is 5.01. The molecule has 1 N–H and O–H groups in total. The molecule has 1 aromatic carbocycles. The van der Waals surface area contributed by atoms with Gasteiger partial charge in [-0.05, 0) is 31.0 Å². The van der Waals surface area contributed by atoms with Gasteiger partial charge in [-0.25, -0.2) is 4.99 Å². The fourth-order valence-electron chi connectivity index (χ4n) is 3.45. The molecular formula is C20H27Cl2N3OS2. The number of halogens is 2. The van der Waals surface area contributed by atoms with Crippen molar-refractivity contribution >= 4 is 59.4 Å². The number of nitrogens with zero attached hydrogens (tertiary/aromatic N) is 2. The molecule has 28 heavy (non-hydrogen) atoms. The average molecular weight is 460 g/mol. The van der Waals surface area contributed by atoms with E-state index in [2.05, 4.69) is 47.5 Å².